The summed E-state index contributed by atoms with van der Waals surface area (Å²) < 4.78 is 28.2. The molecule has 0 heterocycles. The molecule has 0 bridgehead atoms. The molecule has 1 aromatic carbocycles. The van der Waals surface area contributed by atoms with E-state index in [4.69, 9.17) is 22.8 Å². The van der Waals surface area contributed by atoms with E-state index in [0.29, 0.717) is 43.3 Å². The van der Waals surface area contributed by atoms with E-state index in [1.165, 1.54) is 0 Å². The fourth-order valence-corrected chi connectivity index (χ4v) is 6.08. The van der Waals surface area contributed by atoms with Crippen LogP contribution in [0.3, 0.4) is 0 Å². The molecule has 0 atom stereocenters. The Hall–Kier alpha value is -1.87. The Kier molecular flexibility index (Phi) is 13.2. The third-order valence-corrected chi connectivity index (χ3v) is 7.95. The molecular weight excluding hydrogens is 416 g/mol. The van der Waals surface area contributed by atoms with Crippen molar-refractivity contribution < 1.29 is 32.7 Å². The summed E-state index contributed by atoms with van der Waals surface area (Å²) in [5.74, 6) is 0.291. The Morgan fingerprint density at radius 3 is 2.00 bits per heavy atom. The third-order valence-electron chi connectivity index (χ3n) is 4.80. The van der Waals surface area contributed by atoms with Gasteiger partial charge in [-0.25, -0.2) is 4.79 Å². The number of carbonyl (C=O) groups is 1. The number of methoxy groups -OCH3 is 2. The van der Waals surface area contributed by atoms with Crippen molar-refractivity contribution in [3.05, 3.63) is 29.3 Å². The molecule has 1 aromatic rings. The van der Waals surface area contributed by atoms with Gasteiger partial charge in [0.1, 0.15) is 0 Å². The largest absolute Gasteiger partial charge is 0.500 e. The van der Waals surface area contributed by atoms with Gasteiger partial charge in [-0.3, -0.25) is 0 Å². The zero-order chi connectivity index (χ0) is 23.1. The molecule has 31 heavy (non-hydrogen) atoms. The third kappa shape index (κ3) is 9.43. The molecule has 1 rings (SSSR count). The fraction of sp³-hybridized carbons (Fsp3) is 0.609. The van der Waals surface area contributed by atoms with Crippen LogP contribution in [0.4, 0.5) is 0 Å². The first-order valence-corrected chi connectivity index (χ1v) is 13.0. The minimum atomic E-state index is -2.59. The van der Waals surface area contributed by atoms with Crippen LogP contribution in [0.5, 0.6) is 11.5 Å². The van der Waals surface area contributed by atoms with Crippen LogP contribution in [0.2, 0.25) is 6.04 Å². The van der Waals surface area contributed by atoms with E-state index in [1.54, 1.807) is 32.4 Å². The molecule has 7 nitrogen and oxygen atoms in total. The summed E-state index contributed by atoms with van der Waals surface area (Å²) in [5.41, 5.74) is 1.16. The van der Waals surface area contributed by atoms with Gasteiger partial charge in [0.25, 0.3) is 0 Å². The molecule has 0 aliphatic heterocycles. The molecule has 0 amide bonds. The first-order chi connectivity index (χ1) is 14.9. The van der Waals surface area contributed by atoms with Gasteiger partial charge >= 0.3 is 14.8 Å². The van der Waals surface area contributed by atoms with Gasteiger partial charge in [-0.05, 0) is 63.8 Å². The Balaban J connectivity index is 2.60. The number of carboxylic acids is 1. The van der Waals surface area contributed by atoms with Gasteiger partial charge in [0.15, 0.2) is 11.5 Å². The maximum absolute atomic E-state index is 11.7. The first-order valence-electron chi connectivity index (χ1n) is 11.0. The van der Waals surface area contributed by atoms with Crippen molar-refractivity contribution in [3.8, 4) is 11.5 Å². The van der Waals surface area contributed by atoms with Gasteiger partial charge in [0.2, 0.25) is 0 Å². The Bertz CT molecular complexity index is 673. The zero-order valence-electron chi connectivity index (χ0n) is 19.6. The second-order valence-corrected chi connectivity index (χ2v) is 9.72. The van der Waals surface area contributed by atoms with E-state index in [9.17, 15) is 9.90 Å². The van der Waals surface area contributed by atoms with Crippen molar-refractivity contribution >= 4 is 20.8 Å². The van der Waals surface area contributed by atoms with Crippen molar-refractivity contribution in [2.24, 2.45) is 0 Å². The minimum Gasteiger partial charge on any atom is -0.493 e. The van der Waals surface area contributed by atoms with Crippen LogP contribution in [-0.2, 0) is 18.1 Å². The van der Waals surface area contributed by atoms with Crippen LogP contribution in [-0.4, -0.2) is 53.9 Å². The molecule has 0 unspecified atom stereocenters. The number of hydrogen-bond acceptors (Lipinski definition) is 6. The lowest BCUT2D eigenvalue weighted by Gasteiger charge is -2.28. The lowest BCUT2D eigenvalue weighted by atomic mass is 10.0. The number of carboxylic acid groups (broad SMARTS) is 1. The van der Waals surface area contributed by atoms with Crippen molar-refractivity contribution in [1.82, 2.24) is 0 Å². The summed E-state index contributed by atoms with van der Waals surface area (Å²) in [7, 11) is 0.537. The summed E-state index contributed by atoms with van der Waals surface area (Å²) in [6.45, 7) is 7.60. The lowest BCUT2D eigenvalue weighted by molar-refractivity contribution is -0.132. The van der Waals surface area contributed by atoms with E-state index in [1.807, 2.05) is 26.8 Å². The van der Waals surface area contributed by atoms with Gasteiger partial charge in [0, 0.05) is 31.4 Å². The van der Waals surface area contributed by atoms with Crippen molar-refractivity contribution in [3.63, 3.8) is 0 Å². The Labute approximate surface area is 187 Å². The molecule has 0 fully saturated rings. The molecule has 0 aromatic heterocycles. The number of benzene rings is 1. The maximum atomic E-state index is 11.7. The molecule has 8 heteroatoms. The monoisotopic (exact) mass is 454 g/mol. The highest BCUT2D eigenvalue weighted by molar-refractivity contribution is 6.60. The van der Waals surface area contributed by atoms with E-state index < -0.39 is 14.8 Å². The second kappa shape index (κ2) is 15.0. The summed E-state index contributed by atoms with van der Waals surface area (Å²) in [4.78, 5) is 11.7. The molecular formula is C23H38O7Si. The van der Waals surface area contributed by atoms with Crippen LogP contribution >= 0.6 is 0 Å². The average Bonchev–Trinajstić information content (AvgIpc) is 2.75. The fourth-order valence-electron chi connectivity index (χ4n) is 3.40. The van der Waals surface area contributed by atoms with Crippen LogP contribution in [0.25, 0.3) is 6.08 Å². The maximum Gasteiger partial charge on any atom is 0.500 e. The van der Waals surface area contributed by atoms with Gasteiger partial charge in [-0.15, -0.1) is 0 Å². The van der Waals surface area contributed by atoms with Gasteiger partial charge in [0.05, 0.1) is 14.2 Å². The molecule has 0 radical (unpaired) electrons. The summed E-state index contributed by atoms with van der Waals surface area (Å²) >= 11 is 0. The highest BCUT2D eigenvalue weighted by atomic mass is 28.4. The quantitative estimate of drug-likeness (QED) is 0.197. The number of hydrogen-bond donors (Lipinski definition) is 1. The number of ether oxygens (including phenoxy) is 2. The van der Waals surface area contributed by atoms with Crippen LogP contribution in [0.1, 0.15) is 58.4 Å². The van der Waals surface area contributed by atoms with Gasteiger partial charge in [-0.1, -0.05) is 18.9 Å². The molecule has 0 aliphatic carbocycles. The molecule has 176 valence electrons. The van der Waals surface area contributed by atoms with Gasteiger partial charge in [-0.2, -0.15) is 0 Å². The average molecular weight is 455 g/mol. The lowest BCUT2D eigenvalue weighted by Crippen LogP contribution is -2.45. The standard InChI is InChI=1S/C23H38O7Si/c1-6-28-31(29-7-2,30-8-3)16-12-10-9-11-13-20(23(24)25)17-19-14-15-21(26-4)22(18-19)27-5/h14-15,17-18H,6-13,16H2,1-5H3,(H,24,25)/b20-17+. The van der Waals surface area contributed by atoms with Crippen LogP contribution in [0.15, 0.2) is 23.8 Å². The summed E-state index contributed by atoms with van der Waals surface area (Å²) in [6.07, 6.45) is 5.86. The number of aliphatic carboxylic acids is 1. The Morgan fingerprint density at radius 2 is 1.48 bits per heavy atom. The SMILES string of the molecule is CCO[Si](CCCCCC/C(=C\c1ccc(OC)c(OC)c1)C(=O)O)(OCC)OCC. The van der Waals surface area contributed by atoms with E-state index in [0.717, 1.165) is 37.3 Å². The summed E-state index contributed by atoms with van der Waals surface area (Å²) in [6, 6.07) is 6.16. The van der Waals surface area contributed by atoms with Crippen molar-refractivity contribution in [2.45, 2.75) is 58.9 Å². The van der Waals surface area contributed by atoms with E-state index in [-0.39, 0.29) is 0 Å². The highest BCUT2D eigenvalue weighted by Gasteiger charge is 2.39. The topological polar surface area (TPSA) is 83.5 Å². The van der Waals surface area contributed by atoms with Crippen molar-refractivity contribution in [2.75, 3.05) is 34.0 Å². The smallest absolute Gasteiger partial charge is 0.493 e. The minimum absolute atomic E-state index is 0.383. The first kappa shape index (κ1) is 27.2. The van der Waals surface area contributed by atoms with Crippen LogP contribution < -0.4 is 9.47 Å². The number of rotatable bonds is 17. The molecule has 0 spiro atoms. The molecule has 1 N–H and O–H groups in total. The van der Waals surface area contributed by atoms with Crippen molar-refractivity contribution in [1.29, 1.82) is 0 Å². The van der Waals surface area contributed by atoms with Gasteiger partial charge < -0.3 is 27.9 Å². The van der Waals surface area contributed by atoms with E-state index in [2.05, 4.69) is 0 Å². The second-order valence-electron chi connectivity index (χ2n) is 6.99. The Morgan fingerprint density at radius 1 is 0.903 bits per heavy atom. The molecule has 0 saturated heterocycles. The van der Waals surface area contributed by atoms with Crippen LogP contribution in [0, 0.1) is 0 Å². The van der Waals surface area contributed by atoms with E-state index >= 15 is 0 Å². The molecule has 0 aliphatic rings. The normalized spacial score (nSPS) is 12.1. The molecule has 0 saturated carbocycles. The number of unbranched alkanes of at least 4 members (excludes halogenated alkanes) is 3. The highest BCUT2D eigenvalue weighted by Crippen LogP contribution is 2.29. The predicted octanol–water partition coefficient (Wildman–Crippen LogP) is 5.17. The predicted molar refractivity (Wildman–Crippen MR) is 124 cm³/mol. The summed E-state index contributed by atoms with van der Waals surface area (Å²) in [5, 5.41) is 9.58. The zero-order valence-corrected chi connectivity index (χ0v) is 20.6.